The molecule has 3 fully saturated rings. The van der Waals surface area contributed by atoms with Crippen molar-refractivity contribution in [2.45, 2.75) is 49.6 Å². The lowest BCUT2D eigenvalue weighted by Gasteiger charge is -2.42. The summed E-state index contributed by atoms with van der Waals surface area (Å²) in [5, 5.41) is 16.0. The number of carbonyl (C=O) groups excluding carboxylic acids is 2. The molecule has 2 atom stereocenters. The molecular formula is C27H28F2N4O3. The Bertz CT molecular complexity index is 1200. The second-order valence-electron chi connectivity index (χ2n) is 9.90. The van der Waals surface area contributed by atoms with Gasteiger partial charge >= 0.3 is 12.1 Å². The largest absolute Gasteiger partial charge is 0.446 e. The fraction of sp³-hybridized carbons (Fsp3) is 0.444. The number of ether oxygens (including phenoxy) is 1. The number of carbonyl (C=O) groups is 2. The number of hydrogen-bond acceptors (Lipinski definition) is 5. The highest BCUT2D eigenvalue weighted by atomic mass is 19.2. The molecule has 188 valence electrons. The Morgan fingerprint density at radius 3 is 2.61 bits per heavy atom. The zero-order valence-electron chi connectivity index (χ0n) is 19.8. The van der Waals surface area contributed by atoms with Crippen LogP contribution in [0.3, 0.4) is 0 Å². The fourth-order valence-electron chi connectivity index (χ4n) is 6.06. The first-order chi connectivity index (χ1) is 17.4. The van der Waals surface area contributed by atoms with Crippen molar-refractivity contribution in [3.05, 3.63) is 70.8 Å². The first-order valence-corrected chi connectivity index (χ1v) is 12.3. The molecule has 2 heterocycles. The predicted octanol–water partition coefficient (Wildman–Crippen LogP) is 4.75. The number of amides is 3. The maximum atomic E-state index is 13.8. The Balaban J connectivity index is 1.31. The van der Waals surface area contributed by atoms with E-state index < -0.39 is 35.3 Å². The summed E-state index contributed by atoms with van der Waals surface area (Å²) < 4.78 is 32.4. The number of imide groups is 1. The number of urea groups is 1. The van der Waals surface area contributed by atoms with Gasteiger partial charge in [0, 0.05) is 6.54 Å². The first-order valence-electron chi connectivity index (χ1n) is 12.3. The number of nitrogens with zero attached hydrogens (tertiary/aromatic N) is 2. The zero-order valence-corrected chi connectivity index (χ0v) is 19.8. The minimum atomic E-state index is -1.04. The van der Waals surface area contributed by atoms with E-state index in [0.717, 1.165) is 61.2 Å². The van der Waals surface area contributed by atoms with Gasteiger partial charge in [-0.05, 0) is 79.8 Å². The van der Waals surface area contributed by atoms with E-state index in [0.29, 0.717) is 23.6 Å². The summed E-state index contributed by atoms with van der Waals surface area (Å²) in [6, 6.07) is 11.9. The molecule has 2 saturated heterocycles. The average molecular weight is 495 g/mol. The molecule has 0 aromatic heterocycles. The third-order valence-electron chi connectivity index (χ3n) is 7.99. The van der Waals surface area contributed by atoms with E-state index >= 15 is 0 Å². The van der Waals surface area contributed by atoms with Crippen LogP contribution in [-0.2, 0) is 4.74 Å². The number of hydrogen-bond donors (Lipinski definition) is 2. The second kappa shape index (κ2) is 9.86. The van der Waals surface area contributed by atoms with Crippen LogP contribution in [0.25, 0.3) is 0 Å². The summed E-state index contributed by atoms with van der Waals surface area (Å²) in [6.07, 6.45) is 3.49. The molecule has 3 amide bonds. The van der Waals surface area contributed by atoms with Crippen LogP contribution in [0.4, 0.5) is 18.4 Å². The monoisotopic (exact) mass is 494 g/mol. The van der Waals surface area contributed by atoms with Crippen LogP contribution in [-0.4, -0.2) is 42.3 Å². The lowest BCUT2D eigenvalue weighted by molar-refractivity contribution is 0.138. The van der Waals surface area contributed by atoms with Crippen molar-refractivity contribution < 1.29 is 23.1 Å². The van der Waals surface area contributed by atoms with Crippen molar-refractivity contribution in [3.63, 3.8) is 0 Å². The summed E-state index contributed by atoms with van der Waals surface area (Å²) in [5.41, 5.74) is 1.56. The SMILES string of the molecule is N#Cc1ccccc1C1CCC([C@]2(NC(=O)N3C(=O)OC[C@@H]3c3ccc(F)c(F)c3)CCNC2)CC1. The van der Waals surface area contributed by atoms with Gasteiger partial charge in [0.05, 0.1) is 17.2 Å². The van der Waals surface area contributed by atoms with Gasteiger partial charge in [0.1, 0.15) is 12.6 Å². The minimum absolute atomic E-state index is 0.119. The predicted molar refractivity (Wildman–Crippen MR) is 127 cm³/mol. The number of benzene rings is 2. The van der Waals surface area contributed by atoms with Gasteiger partial charge in [0.25, 0.3) is 0 Å². The number of cyclic esters (lactones) is 1. The summed E-state index contributed by atoms with van der Waals surface area (Å²) in [4.78, 5) is 26.9. The molecule has 1 aliphatic carbocycles. The maximum absolute atomic E-state index is 13.8. The Hall–Kier alpha value is -3.51. The molecular weight excluding hydrogens is 466 g/mol. The normalized spacial score (nSPS) is 28.0. The third-order valence-corrected chi connectivity index (χ3v) is 7.99. The highest BCUT2D eigenvalue weighted by molar-refractivity contribution is 5.93. The summed E-state index contributed by atoms with van der Waals surface area (Å²) >= 11 is 0. The Morgan fingerprint density at radius 1 is 1.14 bits per heavy atom. The van der Waals surface area contributed by atoms with Gasteiger partial charge in [-0.2, -0.15) is 5.26 Å². The van der Waals surface area contributed by atoms with Crippen molar-refractivity contribution in [2.75, 3.05) is 19.7 Å². The van der Waals surface area contributed by atoms with Crippen LogP contribution in [0.15, 0.2) is 42.5 Å². The van der Waals surface area contributed by atoms with Gasteiger partial charge in [-0.15, -0.1) is 0 Å². The molecule has 0 bridgehead atoms. The van der Waals surface area contributed by atoms with E-state index in [1.807, 2.05) is 24.3 Å². The van der Waals surface area contributed by atoms with E-state index in [1.165, 1.54) is 6.07 Å². The first kappa shape index (κ1) is 24.2. The summed E-state index contributed by atoms with van der Waals surface area (Å²) in [7, 11) is 0. The van der Waals surface area contributed by atoms with Gasteiger partial charge in [-0.25, -0.2) is 23.3 Å². The summed E-state index contributed by atoms with van der Waals surface area (Å²) in [5.74, 6) is -1.55. The smallest absolute Gasteiger partial charge is 0.418 e. The van der Waals surface area contributed by atoms with Gasteiger partial charge in [0.2, 0.25) is 0 Å². The molecule has 0 radical (unpaired) electrons. The van der Waals surface area contributed by atoms with Gasteiger partial charge in [-0.1, -0.05) is 24.3 Å². The fourth-order valence-corrected chi connectivity index (χ4v) is 6.06. The van der Waals surface area contributed by atoms with Crippen molar-refractivity contribution in [1.82, 2.24) is 15.5 Å². The van der Waals surface area contributed by atoms with Gasteiger partial charge in [-0.3, -0.25) is 0 Å². The Labute approximate surface area is 208 Å². The second-order valence-corrected chi connectivity index (χ2v) is 9.90. The standard InChI is InChI=1S/C27H28F2N4O3/c28-22-10-7-18(13-23(22)29)24-15-36-26(35)33(24)25(34)32-27(11-12-31-16-27)20-8-5-17(6-9-20)21-4-2-1-3-19(21)14-30/h1-4,7,10,13,17,20,24,31H,5-6,8-9,11-12,15-16H2,(H,32,34)/t17?,20?,24-,27+/m1/s1. The molecule has 7 nitrogen and oxygen atoms in total. The van der Waals surface area contributed by atoms with E-state index in [2.05, 4.69) is 16.7 Å². The molecule has 2 aliphatic heterocycles. The Morgan fingerprint density at radius 2 is 1.92 bits per heavy atom. The van der Waals surface area contributed by atoms with Crippen LogP contribution < -0.4 is 10.6 Å². The molecule has 2 aromatic rings. The molecule has 2 N–H and O–H groups in total. The van der Waals surface area contributed by atoms with E-state index in [1.54, 1.807) is 0 Å². The van der Waals surface area contributed by atoms with Crippen molar-refractivity contribution in [2.24, 2.45) is 5.92 Å². The molecule has 3 aliphatic rings. The quantitative estimate of drug-likeness (QED) is 0.640. The number of halogens is 2. The van der Waals surface area contributed by atoms with Gasteiger partial charge < -0.3 is 15.4 Å². The molecule has 36 heavy (non-hydrogen) atoms. The molecule has 5 rings (SSSR count). The molecule has 2 aromatic carbocycles. The molecule has 1 saturated carbocycles. The number of nitriles is 1. The number of rotatable bonds is 4. The van der Waals surface area contributed by atoms with Crippen LogP contribution in [0.1, 0.15) is 60.8 Å². The lowest BCUT2D eigenvalue weighted by atomic mass is 9.69. The maximum Gasteiger partial charge on any atom is 0.418 e. The molecule has 0 spiro atoms. The van der Waals surface area contributed by atoms with Crippen molar-refractivity contribution in [1.29, 1.82) is 5.26 Å². The van der Waals surface area contributed by atoms with Gasteiger partial charge in [0.15, 0.2) is 11.6 Å². The van der Waals surface area contributed by atoms with E-state index in [4.69, 9.17) is 4.74 Å². The lowest BCUT2D eigenvalue weighted by Crippen LogP contribution is -2.59. The highest BCUT2D eigenvalue weighted by Crippen LogP contribution is 2.43. The highest BCUT2D eigenvalue weighted by Gasteiger charge is 2.47. The van der Waals surface area contributed by atoms with Crippen molar-refractivity contribution in [3.8, 4) is 6.07 Å². The molecule has 0 unspecified atom stereocenters. The molecule has 9 heteroatoms. The Kier molecular flexibility index (Phi) is 6.63. The van der Waals surface area contributed by atoms with Crippen LogP contribution in [0.2, 0.25) is 0 Å². The minimum Gasteiger partial charge on any atom is -0.446 e. The van der Waals surface area contributed by atoms with E-state index in [9.17, 15) is 23.6 Å². The topological polar surface area (TPSA) is 94.5 Å². The number of nitrogens with one attached hydrogen (secondary N) is 2. The third kappa shape index (κ3) is 4.42. The summed E-state index contributed by atoms with van der Waals surface area (Å²) in [6.45, 7) is 1.21. The van der Waals surface area contributed by atoms with Crippen LogP contribution in [0, 0.1) is 28.9 Å². The van der Waals surface area contributed by atoms with Crippen molar-refractivity contribution >= 4 is 12.1 Å². The van der Waals surface area contributed by atoms with Crippen LogP contribution in [0.5, 0.6) is 0 Å². The average Bonchev–Trinajstić information content (AvgIpc) is 3.53. The van der Waals surface area contributed by atoms with E-state index in [-0.39, 0.29) is 12.5 Å². The zero-order chi connectivity index (χ0) is 25.3. The van der Waals surface area contributed by atoms with Crippen LogP contribution >= 0.6 is 0 Å².